The second-order valence-corrected chi connectivity index (χ2v) is 4.61. The van der Waals surface area contributed by atoms with E-state index in [0.29, 0.717) is 0 Å². The van der Waals surface area contributed by atoms with Crippen LogP contribution in [0.15, 0.2) is 18.2 Å². The molecule has 2 aromatic rings. The Morgan fingerprint density at radius 2 is 2.11 bits per heavy atom. The molecule has 3 nitrogen and oxygen atoms in total. The van der Waals surface area contributed by atoms with Crippen LogP contribution in [0.5, 0.6) is 5.75 Å². The normalized spacial score (nSPS) is 14.0. The summed E-state index contributed by atoms with van der Waals surface area (Å²) in [7, 11) is 1.64. The van der Waals surface area contributed by atoms with Crippen LogP contribution in [0, 0.1) is 11.3 Å². The fraction of sp³-hybridized carbons (Fsp3) is 0.333. The van der Waals surface area contributed by atoms with Crippen LogP contribution in [0.4, 0.5) is 0 Å². The minimum absolute atomic E-state index is 0.775. The first-order valence-electron chi connectivity index (χ1n) is 6.23. The molecular weight excluding hydrogens is 224 g/mol. The van der Waals surface area contributed by atoms with E-state index in [1.54, 1.807) is 7.11 Å². The van der Waals surface area contributed by atoms with Crippen LogP contribution in [0.2, 0.25) is 0 Å². The molecule has 0 atom stereocenters. The zero-order chi connectivity index (χ0) is 12.5. The highest BCUT2D eigenvalue weighted by molar-refractivity contribution is 5.87. The first-order valence-corrected chi connectivity index (χ1v) is 6.23. The molecule has 90 valence electrons. The van der Waals surface area contributed by atoms with E-state index in [2.05, 4.69) is 6.07 Å². The number of nitrogens with zero attached hydrogens (tertiary/aromatic N) is 2. The number of ether oxygens (including phenoxy) is 1. The van der Waals surface area contributed by atoms with E-state index in [9.17, 15) is 5.26 Å². The molecule has 1 heterocycles. The number of aromatic nitrogens is 1. The van der Waals surface area contributed by atoms with Crippen LogP contribution in [0.3, 0.4) is 0 Å². The van der Waals surface area contributed by atoms with Crippen molar-refractivity contribution < 1.29 is 4.74 Å². The van der Waals surface area contributed by atoms with E-state index in [1.807, 2.05) is 18.2 Å². The maximum Gasteiger partial charge on any atom is 0.119 e. The molecule has 3 heteroatoms. The second kappa shape index (κ2) is 4.30. The van der Waals surface area contributed by atoms with Crippen molar-refractivity contribution in [3.63, 3.8) is 0 Å². The number of benzene rings is 1. The lowest BCUT2D eigenvalue weighted by Crippen LogP contribution is -2.08. The zero-order valence-corrected chi connectivity index (χ0v) is 10.4. The first kappa shape index (κ1) is 11.0. The van der Waals surface area contributed by atoms with E-state index in [1.165, 1.54) is 6.42 Å². The highest BCUT2D eigenvalue weighted by atomic mass is 16.5. The summed E-state index contributed by atoms with van der Waals surface area (Å²) < 4.78 is 5.23. The highest BCUT2D eigenvalue weighted by Crippen LogP contribution is 2.30. The quantitative estimate of drug-likeness (QED) is 0.767. The molecule has 0 amide bonds. The molecule has 0 N–H and O–H groups in total. The number of hydrogen-bond acceptors (Lipinski definition) is 3. The van der Waals surface area contributed by atoms with Crippen molar-refractivity contribution in [2.24, 2.45) is 0 Å². The predicted octanol–water partition coefficient (Wildman–Crippen LogP) is 2.99. The molecule has 1 aliphatic carbocycles. The molecule has 1 aromatic carbocycles. The summed E-state index contributed by atoms with van der Waals surface area (Å²) in [5.74, 6) is 0.775. The fourth-order valence-electron chi connectivity index (χ4n) is 2.66. The van der Waals surface area contributed by atoms with Crippen LogP contribution in [0.25, 0.3) is 10.9 Å². The van der Waals surface area contributed by atoms with E-state index in [-0.39, 0.29) is 0 Å². The Morgan fingerprint density at radius 1 is 1.28 bits per heavy atom. The molecule has 0 spiro atoms. The van der Waals surface area contributed by atoms with E-state index >= 15 is 0 Å². The Bertz CT molecular complexity index is 656. The lowest BCUT2D eigenvalue weighted by atomic mass is 9.90. The van der Waals surface area contributed by atoms with Gasteiger partial charge in [0.1, 0.15) is 11.8 Å². The molecule has 0 radical (unpaired) electrons. The number of hydrogen-bond donors (Lipinski definition) is 0. The van der Waals surface area contributed by atoms with Gasteiger partial charge in [0.2, 0.25) is 0 Å². The topological polar surface area (TPSA) is 45.9 Å². The summed E-state index contributed by atoms with van der Waals surface area (Å²) in [5.41, 5.74) is 3.93. The molecule has 18 heavy (non-hydrogen) atoms. The fourth-order valence-corrected chi connectivity index (χ4v) is 2.66. The van der Waals surface area contributed by atoms with Gasteiger partial charge in [0.25, 0.3) is 0 Å². The van der Waals surface area contributed by atoms with Gasteiger partial charge in [0, 0.05) is 11.1 Å². The summed E-state index contributed by atoms with van der Waals surface area (Å²) in [4.78, 5) is 4.69. The van der Waals surface area contributed by atoms with Gasteiger partial charge in [-0.25, -0.2) is 0 Å². The van der Waals surface area contributed by atoms with Crippen molar-refractivity contribution in [3.05, 3.63) is 35.0 Å². The Kier molecular flexibility index (Phi) is 2.64. The Labute approximate surface area is 106 Å². The minimum atomic E-state index is 0.775. The molecule has 0 unspecified atom stereocenters. The maximum absolute atomic E-state index is 9.44. The monoisotopic (exact) mass is 238 g/mol. The maximum atomic E-state index is 9.44. The molecule has 0 fully saturated rings. The van der Waals surface area contributed by atoms with Crippen LogP contribution < -0.4 is 4.74 Å². The van der Waals surface area contributed by atoms with Gasteiger partial charge >= 0.3 is 0 Å². The smallest absolute Gasteiger partial charge is 0.119 e. The van der Waals surface area contributed by atoms with E-state index < -0.39 is 0 Å². The van der Waals surface area contributed by atoms with Crippen molar-refractivity contribution in [2.45, 2.75) is 25.7 Å². The zero-order valence-electron chi connectivity index (χ0n) is 10.4. The molecule has 0 saturated heterocycles. The number of methoxy groups -OCH3 is 1. The third kappa shape index (κ3) is 1.62. The minimum Gasteiger partial charge on any atom is -0.497 e. The second-order valence-electron chi connectivity index (χ2n) is 4.61. The lowest BCUT2D eigenvalue weighted by molar-refractivity contribution is 0.415. The summed E-state index contributed by atoms with van der Waals surface area (Å²) in [5, 5.41) is 10.4. The summed E-state index contributed by atoms with van der Waals surface area (Å²) >= 11 is 0. The third-order valence-electron chi connectivity index (χ3n) is 3.58. The molecule has 3 rings (SSSR count). The van der Waals surface area contributed by atoms with Gasteiger partial charge in [-0.15, -0.1) is 0 Å². The lowest BCUT2D eigenvalue weighted by Gasteiger charge is -2.17. The molecule has 0 saturated carbocycles. The third-order valence-corrected chi connectivity index (χ3v) is 3.58. The van der Waals surface area contributed by atoms with Gasteiger partial charge in [0.15, 0.2) is 0 Å². The number of fused-ring (bicyclic) bond motifs is 2. The SMILES string of the molecule is COc1ccc2nc3c(c(C#N)c2c1)CCCC3. The van der Waals surface area contributed by atoms with Gasteiger partial charge in [-0.05, 0) is 49.4 Å². The van der Waals surface area contributed by atoms with Crippen molar-refractivity contribution in [1.82, 2.24) is 4.98 Å². The van der Waals surface area contributed by atoms with E-state index in [4.69, 9.17) is 9.72 Å². The van der Waals surface area contributed by atoms with Crippen LogP contribution >= 0.6 is 0 Å². The summed E-state index contributed by atoms with van der Waals surface area (Å²) in [6, 6.07) is 8.10. The van der Waals surface area contributed by atoms with Crippen molar-refractivity contribution in [2.75, 3.05) is 7.11 Å². The van der Waals surface area contributed by atoms with Crippen molar-refractivity contribution in [1.29, 1.82) is 5.26 Å². The average molecular weight is 238 g/mol. The number of rotatable bonds is 1. The molecule has 1 aliphatic rings. The van der Waals surface area contributed by atoms with Crippen LogP contribution in [0.1, 0.15) is 29.7 Å². The number of aryl methyl sites for hydroxylation is 1. The van der Waals surface area contributed by atoms with Crippen LogP contribution in [-0.4, -0.2) is 12.1 Å². The molecule has 0 bridgehead atoms. The van der Waals surface area contributed by atoms with Gasteiger partial charge in [-0.3, -0.25) is 4.98 Å². The standard InChI is InChI=1S/C15H14N2O/c1-18-10-6-7-15-12(8-10)13(9-16)11-4-2-3-5-14(11)17-15/h6-8H,2-5H2,1H3. The number of nitriles is 1. The first-order chi connectivity index (χ1) is 8.83. The van der Waals surface area contributed by atoms with Gasteiger partial charge < -0.3 is 4.74 Å². The van der Waals surface area contributed by atoms with Crippen LogP contribution in [-0.2, 0) is 12.8 Å². The Morgan fingerprint density at radius 3 is 2.89 bits per heavy atom. The number of pyridine rings is 1. The van der Waals surface area contributed by atoms with Crippen molar-refractivity contribution >= 4 is 10.9 Å². The largest absolute Gasteiger partial charge is 0.497 e. The molecule has 1 aromatic heterocycles. The highest BCUT2D eigenvalue weighted by Gasteiger charge is 2.18. The van der Waals surface area contributed by atoms with Gasteiger partial charge in [-0.2, -0.15) is 5.26 Å². The summed E-state index contributed by atoms with van der Waals surface area (Å²) in [6.45, 7) is 0. The predicted molar refractivity (Wildman–Crippen MR) is 69.7 cm³/mol. The van der Waals surface area contributed by atoms with Gasteiger partial charge in [0.05, 0.1) is 18.2 Å². The van der Waals surface area contributed by atoms with E-state index in [0.717, 1.165) is 52.7 Å². The van der Waals surface area contributed by atoms with Gasteiger partial charge in [-0.1, -0.05) is 0 Å². The average Bonchev–Trinajstić information content (AvgIpc) is 2.44. The Hall–Kier alpha value is -2.08. The molecular formula is C15H14N2O. The Balaban J connectivity index is 2.35. The summed E-state index contributed by atoms with van der Waals surface area (Å²) in [6.07, 6.45) is 4.29. The van der Waals surface area contributed by atoms with Crippen molar-refractivity contribution in [3.8, 4) is 11.8 Å². The molecule has 0 aliphatic heterocycles.